The lowest BCUT2D eigenvalue weighted by atomic mass is 9.93. The van der Waals surface area contributed by atoms with Gasteiger partial charge in [-0.1, -0.05) is 12.1 Å². The molecule has 2 heterocycles. The van der Waals surface area contributed by atoms with Crippen molar-refractivity contribution in [2.45, 2.75) is 24.8 Å². The Morgan fingerprint density at radius 3 is 2.60 bits per heavy atom. The van der Waals surface area contributed by atoms with Crippen LogP contribution in [0.1, 0.15) is 28.9 Å². The molecular weight excluding hydrogens is 255 g/mol. The highest BCUT2D eigenvalue weighted by molar-refractivity contribution is 6.03. The lowest BCUT2D eigenvalue weighted by Gasteiger charge is -2.33. The van der Waals surface area contributed by atoms with E-state index in [1.807, 2.05) is 18.1 Å². The van der Waals surface area contributed by atoms with E-state index in [4.69, 9.17) is 0 Å². The van der Waals surface area contributed by atoms with E-state index < -0.39 is 0 Å². The fraction of sp³-hybridized carbons (Fsp3) is 0.312. The van der Waals surface area contributed by atoms with Gasteiger partial charge in [-0.2, -0.15) is 0 Å². The highest BCUT2D eigenvalue weighted by atomic mass is 19.1. The lowest BCUT2D eigenvalue weighted by molar-refractivity contribution is 0.0681. The van der Waals surface area contributed by atoms with Gasteiger partial charge in [0.15, 0.2) is 0 Å². The van der Waals surface area contributed by atoms with Gasteiger partial charge in [0.1, 0.15) is 5.82 Å². The molecule has 2 aromatic rings. The number of aromatic nitrogens is 1. The van der Waals surface area contributed by atoms with Gasteiger partial charge in [-0.05, 0) is 30.5 Å². The molecule has 1 aliphatic heterocycles. The molecule has 20 heavy (non-hydrogen) atoms. The molecule has 1 saturated carbocycles. The van der Waals surface area contributed by atoms with Crippen LogP contribution in [0.4, 0.5) is 4.39 Å². The standard InChI is InChI=1S/C16H15FN2O/c1-19-15(20)14-12(10-2-4-11(17)5-3-10)9-18-13(14)8-16(19)6-7-16/h2-5,9,18H,6-8H2,1H3. The first kappa shape index (κ1) is 11.7. The average Bonchev–Trinajstić information content (AvgIpc) is 3.09. The second-order valence-electron chi connectivity index (χ2n) is 5.83. The van der Waals surface area contributed by atoms with Crippen LogP contribution in [0, 0.1) is 5.82 Å². The summed E-state index contributed by atoms with van der Waals surface area (Å²) in [5.74, 6) is -0.192. The zero-order chi connectivity index (χ0) is 13.9. The number of likely N-dealkylation sites (N-methyl/N-ethyl adjacent to an activating group) is 1. The molecule has 1 spiro atoms. The van der Waals surface area contributed by atoms with Crippen LogP contribution in [0.25, 0.3) is 11.1 Å². The number of nitrogens with one attached hydrogen (secondary N) is 1. The zero-order valence-corrected chi connectivity index (χ0v) is 11.2. The first-order valence-electron chi connectivity index (χ1n) is 6.85. The Bertz CT molecular complexity index is 698. The molecule has 0 atom stereocenters. The molecule has 0 unspecified atom stereocenters. The lowest BCUT2D eigenvalue weighted by Crippen LogP contribution is -2.44. The minimum Gasteiger partial charge on any atom is -0.364 e. The number of H-pyrrole nitrogens is 1. The Hall–Kier alpha value is -2.10. The molecule has 1 amide bonds. The Morgan fingerprint density at radius 1 is 1.25 bits per heavy atom. The van der Waals surface area contributed by atoms with E-state index in [1.165, 1.54) is 12.1 Å². The van der Waals surface area contributed by atoms with Gasteiger partial charge in [-0.15, -0.1) is 0 Å². The quantitative estimate of drug-likeness (QED) is 0.849. The predicted molar refractivity (Wildman–Crippen MR) is 73.9 cm³/mol. The summed E-state index contributed by atoms with van der Waals surface area (Å²) in [6.45, 7) is 0. The maximum atomic E-state index is 13.0. The normalized spacial score (nSPS) is 19.3. The van der Waals surface area contributed by atoms with Gasteiger partial charge in [0, 0.05) is 36.5 Å². The van der Waals surface area contributed by atoms with Crippen molar-refractivity contribution in [1.82, 2.24) is 9.88 Å². The second kappa shape index (κ2) is 3.72. The van der Waals surface area contributed by atoms with Crippen molar-refractivity contribution >= 4 is 5.91 Å². The Labute approximate surface area is 116 Å². The zero-order valence-electron chi connectivity index (χ0n) is 11.2. The van der Waals surface area contributed by atoms with Crippen LogP contribution in [0.5, 0.6) is 0 Å². The van der Waals surface area contributed by atoms with E-state index in [1.54, 1.807) is 12.1 Å². The van der Waals surface area contributed by atoms with E-state index in [-0.39, 0.29) is 17.3 Å². The molecule has 102 valence electrons. The van der Waals surface area contributed by atoms with Crippen molar-refractivity contribution in [1.29, 1.82) is 0 Å². The highest BCUT2D eigenvalue weighted by Crippen LogP contribution is 2.48. The van der Waals surface area contributed by atoms with Crippen LogP contribution in [0.3, 0.4) is 0 Å². The number of hydrogen-bond donors (Lipinski definition) is 1. The number of nitrogens with zero attached hydrogens (tertiary/aromatic N) is 1. The first-order valence-corrected chi connectivity index (χ1v) is 6.85. The number of carbonyl (C=O) groups is 1. The Balaban J connectivity index is 1.83. The van der Waals surface area contributed by atoms with E-state index in [9.17, 15) is 9.18 Å². The minimum atomic E-state index is -0.265. The van der Waals surface area contributed by atoms with Crippen molar-refractivity contribution in [2.24, 2.45) is 0 Å². The van der Waals surface area contributed by atoms with Crippen molar-refractivity contribution in [3.05, 3.63) is 47.5 Å². The molecule has 1 aliphatic carbocycles. The van der Waals surface area contributed by atoms with Gasteiger partial charge in [-0.3, -0.25) is 4.79 Å². The molecule has 4 heteroatoms. The van der Waals surface area contributed by atoms with Gasteiger partial charge >= 0.3 is 0 Å². The van der Waals surface area contributed by atoms with Gasteiger partial charge in [0.2, 0.25) is 0 Å². The highest BCUT2D eigenvalue weighted by Gasteiger charge is 2.52. The van der Waals surface area contributed by atoms with Gasteiger partial charge < -0.3 is 9.88 Å². The Kier molecular flexibility index (Phi) is 2.18. The predicted octanol–water partition coefficient (Wildman–Crippen LogP) is 2.98. The van der Waals surface area contributed by atoms with E-state index >= 15 is 0 Å². The van der Waals surface area contributed by atoms with Crippen molar-refractivity contribution in [3.8, 4) is 11.1 Å². The number of hydrogen-bond acceptors (Lipinski definition) is 1. The van der Waals surface area contributed by atoms with Crippen LogP contribution in [0.15, 0.2) is 30.5 Å². The number of aromatic amines is 1. The molecule has 2 aliphatic rings. The van der Waals surface area contributed by atoms with E-state index in [0.29, 0.717) is 0 Å². The fourth-order valence-corrected chi connectivity index (χ4v) is 3.19. The summed E-state index contributed by atoms with van der Waals surface area (Å²) < 4.78 is 13.0. The summed E-state index contributed by atoms with van der Waals surface area (Å²) in [7, 11) is 1.89. The van der Waals surface area contributed by atoms with E-state index in [2.05, 4.69) is 4.98 Å². The molecule has 3 nitrogen and oxygen atoms in total. The average molecular weight is 270 g/mol. The number of fused-ring (bicyclic) bond motifs is 1. The maximum absolute atomic E-state index is 13.0. The summed E-state index contributed by atoms with van der Waals surface area (Å²) in [6.07, 6.45) is 4.93. The number of halogens is 1. The van der Waals surface area contributed by atoms with Gasteiger partial charge in [0.25, 0.3) is 5.91 Å². The fourth-order valence-electron chi connectivity index (χ4n) is 3.19. The number of carbonyl (C=O) groups excluding carboxylic acids is 1. The van der Waals surface area contributed by atoms with Crippen molar-refractivity contribution in [2.75, 3.05) is 7.05 Å². The Morgan fingerprint density at radius 2 is 1.95 bits per heavy atom. The van der Waals surface area contributed by atoms with Crippen LogP contribution in [-0.2, 0) is 6.42 Å². The number of benzene rings is 1. The summed E-state index contributed by atoms with van der Waals surface area (Å²) in [4.78, 5) is 17.8. The molecule has 1 aromatic heterocycles. The smallest absolute Gasteiger partial charge is 0.256 e. The molecule has 1 N–H and O–H groups in total. The number of amides is 1. The summed E-state index contributed by atoms with van der Waals surface area (Å²) in [6, 6.07) is 6.28. The number of rotatable bonds is 1. The summed E-state index contributed by atoms with van der Waals surface area (Å²) >= 11 is 0. The van der Waals surface area contributed by atoms with Crippen LogP contribution >= 0.6 is 0 Å². The summed E-state index contributed by atoms with van der Waals surface area (Å²) in [5.41, 5.74) is 3.56. The topological polar surface area (TPSA) is 36.1 Å². The third kappa shape index (κ3) is 1.48. The monoisotopic (exact) mass is 270 g/mol. The molecule has 0 radical (unpaired) electrons. The van der Waals surface area contributed by atoms with Gasteiger partial charge in [0.05, 0.1) is 5.56 Å². The minimum absolute atomic E-state index is 0.0506. The van der Waals surface area contributed by atoms with Gasteiger partial charge in [-0.25, -0.2) is 4.39 Å². The van der Waals surface area contributed by atoms with Crippen LogP contribution in [0.2, 0.25) is 0 Å². The van der Waals surface area contributed by atoms with Crippen LogP contribution < -0.4 is 0 Å². The molecule has 0 saturated heterocycles. The second-order valence-corrected chi connectivity index (χ2v) is 5.83. The van der Waals surface area contributed by atoms with E-state index in [0.717, 1.165) is 41.6 Å². The molecule has 0 bridgehead atoms. The van der Waals surface area contributed by atoms with Crippen molar-refractivity contribution in [3.63, 3.8) is 0 Å². The third-order valence-corrected chi connectivity index (χ3v) is 4.68. The maximum Gasteiger partial charge on any atom is 0.256 e. The van der Waals surface area contributed by atoms with Crippen LogP contribution in [-0.4, -0.2) is 28.4 Å². The van der Waals surface area contributed by atoms with Crippen molar-refractivity contribution < 1.29 is 9.18 Å². The molecule has 1 fully saturated rings. The largest absolute Gasteiger partial charge is 0.364 e. The molecule has 1 aromatic carbocycles. The summed E-state index contributed by atoms with van der Waals surface area (Å²) in [5, 5.41) is 0. The third-order valence-electron chi connectivity index (χ3n) is 4.68. The SMILES string of the molecule is CN1C(=O)c2c(-c3ccc(F)cc3)c[nH]c2CC12CC2. The molecule has 4 rings (SSSR count). The first-order chi connectivity index (χ1) is 9.61. The molecular formula is C16H15FN2O.